The second kappa shape index (κ2) is 6.02. The highest BCUT2D eigenvalue weighted by molar-refractivity contribution is 5.93. The number of nitrogens with two attached hydrogens (primary N) is 1. The van der Waals surface area contributed by atoms with E-state index in [2.05, 4.69) is 5.32 Å². The van der Waals surface area contributed by atoms with E-state index >= 15 is 0 Å². The second-order valence-corrected chi connectivity index (χ2v) is 4.21. The van der Waals surface area contributed by atoms with Crippen LogP contribution in [0.15, 0.2) is 48.5 Å². The van der Waals surface area contributed by atoms with Crippen molar-refractivity contribution in [2.24, 2.45) is 5.73 Å². The van der Waals surface area contributed by atoms with Crippen LogP contribution < -0.4 is 11.1 Å². The van der Waals surface area contributed by atoms with Crippen molar-refractivity contribution in [3.05, 3.63) is 59.7 Å². The topological polar surface area (TPSA) is 75.3 Å². The normalized spacial score (nSPS) is 10.2. The molecular formula is C15H16N2O2. The predicted octanol–water partition coefficient (Wildman–Crippen LogP) is 2.03. The third-order valence-corrected chi connectivity index (χ3v) is 2.85. The standard InChI is InChI=1S/C15H16N2O2/c16-10-12-6-1-3-7-13(12)17-15(19)9-11-5-2-4-8-14(11)18/h1-8,18H,9-10,16H2,(H,17,19). The number of aromatic hydroxyl groups is 1. The molecule has 0 saturated carbocycles. The molecule has 2 aromatic carbocycles. The first-order valence-electron chi connectivity index (χ1n) is 6.05. The van der Waals surface area contributed by atoms with E-state index in [1.165, 1.54) is 0 Å². The molecule has 4 N–H and O–H groups in total. The minimum atomic E-state index is -0.178. The van der Waals surface area contributed by atoms with Gasteiger partial charge in [-0.05, 0) is 17.7 Å². The van der Waals surface area contributed by atoms with Crippen molar-refractivity contribution in [1.29, 1.82) is 0 Å². The van der Waals surface area contributed by atoms with Crippen LogP contribution in [0.5, 0.6) is 5.75 Å². The Balaban J connectivity index is 2.08. The van der Waals surface area contributed by atoms with Gasteiger partial charge in [0.15, 0.2) is 0 Å². The van der Waals surface area contributed by atoms with Gasteiger partial charge in [0, 0.05) is 17.8 Å². The summed E-state index contributed by atoms with van der Waals surface area (Å²) in [6.07, 6.45) is 0.131. The molecule has 2 rings (SSSR count). The van der Waals surface area contributed by atoms with Gasteiger partial charge < -0.3 is 16.2 Å². The van der Waals surface area contributed by atoms with Crippen molar-refractivity contribution < 1.29 is 9.90 Å². The Morgan fingerprint density at radius 3 is 2.37 bits per heavy atom. The monoisotopic (exact) mass is 256 g/mol. The van der Waals surface area contributed by atoms with Crippen molar-refractivity contribution >= 4 is 11.6 Å². The summed E-state index contributed by atoms with van der Waals surface area (Å²) in [4.78, 5) is 11.9. The molecule has 2 aromatic rings. The van der Waals surface area contributed by atoms with Crippen LogP contribution in [0, 0.1) is 0 Å². The van der Waals surface area contributed by atoms with Crippen molar-refractivity contribution in [2.75, 3.05) is 5.32 Å². The van der Waals surface area contributed by atoms with Crippen molar-refractivity contribution in [2.45, 2.75) is 13.0 Å². The molecule has 0 bridgehead atoms. The number of hydrogen-bond donors (Lipinski definition) is 3. The molecule has 0 fully saturated rings. The van der Waals surface area contributed by atoms with Gasteiger partial charge in [0.25, 0.3) is 0 Å². The van der Waals surface area contributed by atoms with E-state index in [9.17, 15) is 9.90 Å². The molecule has 1 amide bonds. The van der Waals surface area contributed by atoms with Crippen LogP contribution in [-0.2, 0) is 17.8 Å². The zero-order chi connectivity index (χ0) is 13.7. The lowest BCUT2D eigenvalue weighted by Crippen LogP contribution is -2.16. The quantitative estimate of drug-likeness (QED) is 0.783. The zero-order valence-corrected chi connectivity index (χ0v) is 10.5. The molecule has 19 heavy (non-hydrogen) atoms. The van der Waals surface area contributed by atoms with E-state index in [4.69, 9.17) is 5.73 Å². The highest BCUT2D eigenvalue weighted by atomic mass is 16.3. The van der Waals surface area contributed by atoms with Gasteiger partial charge in [-0.25, -0.2) is 0 Å². The molecule has 0 unspecified atom stereocenters. The first kappa shape index (κ1) is 13.1. The summed E-state index contributed by atoms with van der Waals surface area (Å²) in [6, 6.07) is 14.2. The van der Waals surface area contributed by atoms with E-state index < -0.39 is 0 Å². The number of carbonyl (C=O) groups is 1. The summed E-state index contributed by atoms with van der Waals surface area (Å²) in [5.41, 5.74) is 7.81. The van der Waals surface area contributed by atoms with Crippen molar-refractivity contribution in [3.8, 4) is 5.75 Å². The maximum absolute atomic E-state index is 11.9. The summed E-state index contributed by atoms with van der Waals surface area (Å²) in [6.45, 7) is 0.368. The minimum absolute atomic E-state index is 0.129. The highest BCUT2D eigenvalue weighted by Crippen LogP contribution is 2.18. The Morgan fingerprint density at radius 2 is 1.68 bits per heavy atom. The maximum Gasteiger partial charge on any atom is 0.228 e. The molecule has 0 spiro atoms. The number of anilines is 1. The molecule has 0 heterocycles. The van der Waals surface area contributed by atoms with Gasteiger partial charge in [0.05, 0.1) is 6.42 Å². The molecule has 0 aromatic heterocycles. The molecule has 0 radical (unpaired) electrons. The van der Waals surface area contributed by atoms with Crippen molar-refractivity contribution in [3.63, 3.8) is 0 Å². The third kappa shape index (κ3) is 3.33. The van der Waals surface area contributed by atoms with Crippen LogP contribution in [0.1, 0.15) is 11.1 Å². The smallest absolute Gasteiger partial charge is 0.228 e. The molecular weight excluding hydrogens is 240 g/mol. The van der Waals surface area contributed by atoms with Gasteiger partial charge >= 0.3 is 0 Å². The number of amides is 1. The molecule has 0 aliphatic rings. The third-order valence-electron chi connectivity index (χ3n) is 2.85. The molecule has 4 heteroatoms. The van der Waals surface area contributed by atoms with Crippen LogP contribution in [-0.4, -0.2) is 11.0 Å². The lowest BCUT2D eigenvalue weighted by molar-refractivity contribution is -0.115. The SMILES string of the molecule is NCc1ccccc1NC(=O)Cc1ccccc1O. The summed E-state index contributed by atoms with van der Waals surface area (Å²) in [5, 5.41) is 12.4. The molecule has 98 valence electrons. The fourth-order valence-corrected chi connectivity index (χ4v) is 1.85. The highest BCUT2D eigenvalue weighted by Gasteiger charge is 2.09. The number of benzene rings is 2. The van der Waals surface area contributed by atoms with Crippen LogP contribution >= 0.6 is 0 Å². The van der Waals surface area contributed by atoms with Gasteiger partial charge in [-0.3, -0.25) is 4.79 Å². The number of phenols is 1. The van der Waals surface area contributed by atoms with E-state index in [1.54, 1.807) is 24.3 Å². The van der Waals surface area contributed by atoms with Gasteiger partial charge in [0.2, 0.25) is 5.91 Å². The Hall–Kier alpha value is -2.33. The fraction of sp³-hybridized carbons (Fsp3) is 0.133. The molecule has 0 aliphatic carbocycles. The molecule has 4 nitrogen and oxygen atoms in total. The fourth-order valence-electron chi connectivity index (χ4n) is 1.85. The Kier molecular flexibility index (Phi) is 4.15. The first-order valence-corrected chi connectivity index (χ1v) is 6.05. The lowest BCUT2D eigenvalue weighted by Gasteiger charge is -2.10. The van der Waals surface area contributed by atoms with Crippen LogP contribution in [0.25, 0.3) is 0 Å². The summed E-state index contributed by atoms with van der Waals surface area (Å²) >= 11 is 0. The Morgan fingerprint density at radius 1 is 1.05 bits per heavy atom. The second-order valence-electron chi connectivity index (χ2n) is 4.21. The minimum Gasteiger partial charge on any atom is -0.508 e. The number of nitrogens with one attached hydrogen (secondary N) is 1. The van der Waals surface area contributed by atoms with Crippen LogP contribution in [0.3, 0.4) is 0 Å². The number of rotatable bonds is 4. The Bertz CT molecular complexity index is 582. The zero-order valence-electron chi connectivity index (χ0n) is 10.5. The Labute approximate surface area is 111 Å². The molecule has 0 atom stereocenters. The van der Waals surface area contributed by atoms with E-state index in [-0.39, 0.29) is 18.1 Å². The molecule has 0 aliphatic heterocycles. The van der Waals surface area contributed by atoms with Crippen LogP contribution in [0.2, 0.25) is 0 Å². The summed E-state index contributed by atoms with van der Waals surface area (Å²) < 4.78 is 0. The van der Waals surface area contributed by atoms with Gasteiger partial charge in [-0.1, -0.05) is 36.4 Å². The van der Waals surface area contributed by atoms with Crippen LogP contribution in [0.4, 0.5) is 5.69 Å². The first-order chi connectivity index (χ1) is 9.20. The molecule has 0 saturated heterocycles. The summed E-state index contributed by atoms with van der Waals surface area (Å²) in [7, 11) is 0. The van der Waals surface area contributed by atoms with Crippen molar-refractivity contribution in [1.82, 2.24) is 0 Å². The van der Waals surface area contributed by atoms with E-state index in [0.717, 1.165) is 5.56 Å². The largest absolute Gasteiger partial charge is 0.508 e. The number of phenolic OH excluding ortho intramolecular Hbond substituents is 1. The summed E-state index contributed by atoms with van der Waals surface area (Å²) in [5.74, 6) is -0.0489. The van der Waals surface area contributed by atoms with E-state index in [0.29, 0.717) is 17.8 Å². The number of hydrogen-bond acceptors (Lipinski definition) is 3. The average Bonchev–Trinajstić information content (AvgIpc) is 2.42. The lowest BCUT2D eigenvalue weighted by atomic mass is 10.1. The average molecular weight is 256 g/mol. The van der Waals surface area contributed by atoms with Gasteiger partial charge in [0.1, 0.15) is 5.75 Å². The number of carbonyl (C=O) groups excluding carboxylic acids is 1. The van der Waals surface area contributed by atoms with Gasteiger partial charge in [-0.15, -0.1) is 0 Å². The van der Waals surface area contributed by atoms with Gasteiger partial charge in [-0.2, -0.15) is 0 Å². The predicted molar refractivity (Wildman–Crippen MR) is 74.8 cm³/mol. The number of para-hydroxylation sites is 2. The van der Waals surface area contributed by atoms with E-state index in [1.807, 2.05) is 24.3 Å². The maximum atomic E-state index is 11.9.